The number of nitrogens with zero attached hydrogens (tertiary/aromatic N) is 4. The van der Waals surface area contributed by atoms with E-state index in [2.05, 4.69) is 30.2 Å². The molecule has 5 aromatic rings. The van der Waals surface area contributed by atoms with E-state index in [-0.39, 0.29) is 5.91 Å². The Morgan fingerprint density at radius 2 is 1.97 bits per heavy atom. The zero-order valence-corrected chi connectivity index (χ0v) is 16.0. The maximum Gasteiger partial charge on any atom is 0.255 e. The number of fused-ring (bicyclic) bond motifs is 2. The molecule has 2 aromatic carbocycles. The summed E-state index contributed by atoms with van der Waals surface area (Å²) in [6.07, 6.45) is 4.53. The molecule has 0 aliphatic carbocycles. The molecule has 2 N–H and O–H groups in total. The molecule has 0 bridgehead atoms. The molecular weight excluding hydrogens is 399 g/mol. The van der Waals surface area contributed by atoms with E-state index in [0.717, 1.165) is 0 Å². The number of carbonyl (C=O) groups is 1. The number of alkyl halides is 1. The number of hydrogen-bond acceptors (Lipinski definition) is 6. The average molecular weight is 414 g/mol. The summed E-state index contributed by atoms with van der Waals surface area (Å²) in [6, 6.07) is 13.5. The number of nitrogens with one attached hydrogen (secondary N) is 2. The van der Waals surface area contributed by atoms with Crippen LogP contribution in [0.2, 0.25) is 0 Å². The summed E-state index contributed by atoms with van der Waals surface area (Å²) in [5.74, 6) is 0.449. The monoisotopic (exact) mass is 414 g/mol. The van der Waals surface area contributed by atoms with Gasteiger partial charge in [-0.25, -0.2) is 14.4 Å². The Balaban J connectivity index is 1.50. The Labute approximate surface area is 175 Å². The van der Waals surface area contributed by atoms with E-state index in [1.165, 1.54) is 18.7 Å². The lowest BCUT2D eigenvalue weighted by Gasteiger charge is -2.12. The molecule has 0 aliphatic rings. The molecule has 5 rings (SSSR count). The van der Waals surface area contributed by atoms with Crippen LogP contribution in [0.15, 0.2) is 67.4 Å². The van der Waals surface area contributed by atoms with Crippen LogP contribution in [0.4, 0.5) is 10.1 Å². The van der Waals surface area contributed by atoms with E-state index in [1.807, 2.05) is 6.07 Å². The van der Waals surface area contributed by atoms with E-state index in [0.29, 0.717) is 50.5 Å². The second kappa shape index (κ2) is 7.79. The molecule has 3 aromatic heterocycles. The number of H-pyrrole nitrogens is 1. The zero-order valence-electron chi connectivity index (χ0n) is 16.0. The van der Waals surface area contributed by atoms with Crippen molar-refractivity contribution in [3.63, 3.8) is 0 Å². The van der Waals surface area contributed by atoms with Gasteiger partial charge in [0.1, 0.15) is 18.8 Å². The molecular formula is C22H15FN6O2. The zero-order chi connectivity index (χ0) is 21.2. The molecule has 0 spiro atoms. The van der Waals surface area contributed by atoms with Crippen molar-refractivity contribution in [2.24, 2.45) is 0 Å². The number of anilines is 1. The molecule has 0 atom stereocenters. The van der Waals surface area contributed by atoms with Gasteiger partial charge < -0.3 is 15.0 Å². The quantitative estimate of drug-likeness (QED) is 0.441. The third-order valence-corrected chi connectivity index (χ3v) is 4.71. The number of pyridine rings is 1. The molecule has 0 saturated heterocycles. The van der Waals surface area contributed by atoms with Gasteiger partial charge in [-0.2, -0.15) is 4.98 Å². The molecule has 152 valence electrons. The normalized spacial score (nSPS) is 11.0. The first-order valence-electron chi connectivity index (χ1n) is 9.39. The summed E-state index contributed by atoms with van der Waals surface area (Å²) < 4.78 is 18.9. The van der Waals surface area contributed by atoms with Crippen LogP contribution in [-0.4, -0.2) is 30.8 Å². The number of carbonyl (C=O) groups excluding carboxylic acids is 1. The van der Waals surface area contributed by atoms with E-state index in [9.17, 15) is 9.18 Å². The maximum atomic E-state index is 12.9. The van der Waals surface area contributed by atoms with E-state index in [1.54, 1.807) is 42.6 Å². The second-order valence-electron chi connectivity index (χ2n) is 6.68. The Hall–Kier alpha value is -4.40. The van der Waals surface area contributed by atoms with Crippen LogP contribution < -0.4 is 10.1 Å². The van der Waals surface area contributed by atoms with Crippen molar-refractivity contribution in [2.75, 3.05) is 5.32 Å². The highest BCUT2D eigenvalue weighted by Gasteiger charge is 2.15. The third kappa shape index (κ3) is 3.52. The number of aromatic nitrogens is 5. The molecule has 31 heavy (non-hydrogen) atoms. The smallest absolute Gasteiger partial charge is 0.255 e. The van der Waals surface area contributed by atoms with Gasteiger partial charge in [0.25, 0.3) is 11.8 Å². The summed E-state index contributed by atoms with van der Waals surface area (Å²) in [6.45, 7) is -0.635. The lowest BCUT2D eigenvalue weighted by atomic mass is 10.1. The fourth-order valence-electron chi connectivity index (χ4n) is 3.25. The van der Waals surface area contributed by atoms with Crippen molar-refractivity contribution in [1.29, 1.82) is 0 Å². The van der Waals surface area contributed by atoms with Crippen molar-refractivity contribution in [2.45, 2.75) is 6.67 Å². The predicted molar refractivity (Wildman–Crippen MR) is 113 cm³/mol. The van der Waals surface area contributed by atoms with Gasteiger partial charge in [0.15, 0.2) is 11.2 Å². The topological polar surface area (TPSA) is 106 Å². The number of halogens is 1. The maximum absolute atomic E-state index is 12.9. The van der Waals surface area contributed by atoms with Crippen molar-refractivity contribution in [3.8, 4) is 11.6 Å². The molecule has 0 saturated carbocycles. The third-order valence-electron chi connectivity index (χ3n) is 4.71. The first kappa shape index (κ1) is 18.6. The summed E-state index contributed by atoms with van der Waals surface area (Å²) in [5, 5.41) is 3.53. The molecule has 0 aliphatic heterocycles. The van der Waals surface area contributed by atoms with Gasteiger partial charge in [-0.3, -0.25) is 9.78 Å². The number of aromatic amines is 1. The fourth-order valence-corrected chi connectivity index (χ4v) is 3.25. The number of ether oxygens (including phenoxy) is 1. The molecule has 0 unspecified atom stereocenters. The van der Waals surface area contributed by atoms with Crippen LogP contribution >= 0.6 is 0 Å². The Morgan fingerprint density at radius 1 is 1.03 bits per heavy atom. The molecule has 0 fully saturated rings. The molecule has 8 nitrogen and oxygen atoms in total. The number of amides is 1. The van der Waals surface area contributed by atoms with Gasteiger partial charge in [-0.15, -0.1) is 0 Å². The van der Waals surface area contributed by atoms with Crippen LogP contribution in [-0.2, 0) is 6.67 Å². The molecule has 0 radical (unpaired) electrons. The van der Waals surface area contributed by atoms with Gasteiger partial charge in [0, 0.05) is 17.1 Å². The number of rotatable bonds is 5. The second-order valence-corrected chi connectivity index (χ2v) is 6.68. The highest BCUT2D eigenvalue weighted by molar-refractivity contribution is 6.09. The standard InChI is InChI=1S/C22H15FN6O2/c23-10-13-3-1-4-14(9-13)21(30)29-16-6-7-17(15-5-2-8-24-18(15)16)31-22-19-20(26-11-25-19)27-12-28-22/h1-9,11-12H,10H2,(H,29,30)(H,25,26,27,28). The largest absolute Gasteiger partial charge is 0.436 e. The first-order chi connectivity index (χ1) is 15.2. The van der Waals surface area contributed by atoms with Crippen LogP contribution in [0.25, 0.3) is 22.1 Å². The lowest BCUT2D eigenvalue weighted by Crippen LogP contribution is -2.12. The van der Waals surface area contributed by atoms with Gasteiger partial charge >= 0.3 is 0 Å². The molecule has 1 amide bonds. The van der Waals surface area contributed by atoms with Gasteiger partial charge in [0.05, 0.1) is 17.5 Å². The molecule has 3 heterocycles. The van der Waals surface area contributed by atoms with E-state index >= 15 is 0 Å². The SMILES string of the molecule is O=C(Nc1ccc(Oc2ncnc3[nH]cnc23)c2cccnc12)c1cccc(CF)c1. The van der Waals surface area contributed by atoms with Crippen molar-refractivity contribution >= 4 is 33.7 Å². The fraction of sp³-hybridized carbons (Fsp3) is 0.0455. The number of imidazole rings is 1. The highest BCUT2D eigenvalue weighted by Crippen LogP contribution is 2.34. The van der Waals surface area contributed by atoms with Crippen molar-refractivity contribution in [3.05, 3.63) is 78.5 Å². The minimum atomic E-state index is -0.635. The minimum absolute atomic E-state index is 0.302. The summed E-state index contributed by atoms with van der Waals surface area (Å²) >= 11 is 0. The average Bonchev–Trinajstić information content (AvgIpc) is 3.30. The van der Waals surface area contributed by atoms with Crippen LogP contribution in [0.3, 0.4) is 0 Å². The summed E-state index contributed by atoms with van der Waals surface area (Å²) in [7, 11) is 0. The Bertz CT molecular complexity index is 1420. The van der Waals surface area contributed by atoms with E-state index < -0.39 is 6.67 Å². The summed E-state index contributed by atoms with van der Waals surface area (Å²) in [4.78, 5) is 32.5. The number of hydrogen-bond donors (Lipinski definition) is 2. The van der Waals surface area contributed by atoms with Crippen LogP contribution in [0, 0.1) is 0 Å². The lowest BCUT2D eigenvalue weighted by molar-refractivity contribution is 0.102. The Kier molecular flexibility index (Phi) is 4.68. The van der Waals surface area contributed by atoms with Crippen molar-refractivity contribution in [1.82, 2.24) is 24.9 Å². The van der Waals surface area contributed by atoms with Gasteiger partial charge in [-0.1, -0.05) is 12.1 Å². The first-order valence-corrected chi connectivity index (χ1v) is 9.39. The highest BCUT2D eigenvalue weighted by atomic mass is 19.1. The predicted octanol–water partition coefficient (Wildman–Crippen LogP) is 4.42. The van der Waals surface area contributed by atoms with Gasteiger partial charge in [0.2, 0.25) is 0 Å². The van der Waals surface area contributed by atoms with Crippen molar-refractivity contribution < 1.29 is 13.9 Å². The van der Waals surface area contributed by atoms with Crippen LogP contribution in [0.1, 0.15) is 15.9 Å². The minimum Gasteiger partial charge on any atom is -0.436 e. The van der Waals surface area contributed by atoms with E-state index in [4.69, 9.17) is 4.74 Å². The molecule has 9 heteroatoms. The van der Waals surface area contributed by atoms with Gasteiger partial charge in [-0.05, 0) is 42.0 Å². The number of benzene rings is 2. The Morgan fingerprint density at radius 3 is 2.87 bits per heavy atom. The summed E-state index contributed by atoms with van der Waals surface area (Å²) in [5.41, 5.74) is 2.92. The van der Waals surface area contributed by atoms with Crippen LogP contribution in [0.5, 0.6) is 11.6 Å².